The lowest BCUT2D eigenvalue weighted by Crippen LogP contribution is -2.08. The summed E-state index contributed by atoms with van der Waals surface area (Å²) in [5.41, 5.74) is 3.06. The molecule has 1 atom stereocenters. The number of aromatic nitrogens is 1. The minimum Gasteiger partial charge on any atom is -0.378 e. The first kappa shape index (κ1) is 12.4. The summed E-state index contributed by atoms with van der Waals surface area (Å²) in [5, 5.41) is 1.03. The van der Waals surface area contributed by atoms with Gasteiger partial charge in [-0.2, -0.15) is 0 Å². The first-order valence-electron chi connectivity index (χ1n) is 6.96. The Morgan fingerprint density at radius 2 is 2.37 bits per heavy atom. The van der Waals surface area contributed by atoms with Crippen LogP contribution in [0.2, 0.25) is 0 Å². The Morgan fingerprint density at radius 1 is 1.47 bits per heavy atom. The lowest BCUT2D eigenvalue weighted by atomic mass is 10.0. The monoisotopic (exact) mass is 257 g/mol. The Bertz CT molecular complexity index is 594. The molecule has 0 bridgehead atoms. The van der Waals surface area contributed by atoms with Crippen LogP contribution in [-0.4, -0.2) is 23.5 Å². The number of fused-ring (bicyclic) bond motifs is 1. The second-order valence-electron chi connectivity index (χ2n) is 5.35. The number of Topliss-reactive ketones (excluding diaryl/α,β-unsaturated/α-hetero) is 1. The summed E-state index contributed by atoms with van der Waals surface area (Å²) in [6, 6.07) is 6.15. The normalized spacial score (nSPS) is 19.1. The highest BCUT2D eigenvalue weighted by atomic mass is 16.5. The number of hydrogen-bond donors (Lipinski definition) is 1. The van der Waals surface area contributed by atoms with E-state index in [0.717, 1.165) is 42.3 Å². The molecule has 2 aromatic rings. The molecule has 0 saturated carbocycles. The molecule has 19 heavy (non-hydrogen) atoms. The fraction of sp³-hybridized carbons (Fsp3) is 0.438. The molecule has 1 aliphatic rings. The van der Waals surface area contributed by atoms with Gasteiger partial charge in [-0.25, -0.2) is 0 Å². The first-order valence-corrected chi connectivity index (χ1v) is 6.96. The van der Waals surface area contributed by atoms with Crippen molar-refractivity contribution in [2.75, 3.05) is 6.61 Å². The smallest absolute Gasteiger partial charge is 0.165 e. The highest BCUT2D eigenvalue weighted by Crippen LogP contribution is 2.23. The van der Waals surface area contributed by atoms with Gasteiger partial charge in [-0.15, -0.1) is 0 Å². The van der Waals surface area contributed by atoms with Crippen molar-refractivity contribution >= 4 is 16.7 Å². The summed E-state index contributed by atoms with van der Waals surface area (Å²) in [7, 11) is 0. The number of hydrogen-bond acceptors (Lipinski definition) is 2. The molecule has 2 heterocycles. The number of carbonyl (C=O) groups excluding carboxylic acids is 1. The van der Waals surface area contributed by atoms with Crippen molar-refractivity contribution in [2.24, 2.45) is 0 Å². The van der Waals surface area contributed by atoms with Crippen LogP contribution in [0, 0.1) is 6.92 Å². The van der Waals surface area contributed by atoms with Crippen molar-refractivity contribution in [3.05, 3.63) is 35.5 Å². The van der Waals surface area contributed by atoms with Gasteiger partial charge >= 0.3 is 0 Å². The van der Waals surface area contributed by atoms with Crippen LogP contribution in [0.3, 0.4) is 0 Å². The molecule has 3 heteroatoms. The van der Waals surface area contributed by atoms with E-state index < -0.39 is 0 Å². The van der Waals surface area contributed by atoms with Crippen molar-refractivity contribution in [1.82, 2.24) is 4.98 Å². The van der Waals surface area contributed by atoms with Gasteiger partial charge in [0.1, 0.15) is 0 Å². The third-order valence-corrected chi connectivity index (χ3v) is 3.86. The number of ether oxygens (including phenoxy) is 1. The minimum atomic E-state index is 0.214. The standard InChI is InChI=1S/C16H19NO2/c1-11-4-6-13-14(10-17-15(13)9-11)16(18)7-5-12-3-2-8-19-12/h4,6,9-10,12,17H,2-3,5,7-8H2,1H3. The molecule has 0 aliphatic carbocycles. The zero-order chi connectivity index (χ0) is 13.2. The molecular weight excluding hydrogens is 238 g/mol. The van der Waals surface area contributed by atoms with Crippen LogP contribution in [0.15, 0.2) is 24.4 Å². The molecule has 3 nitrogen and oxygen atoms in total. The molecule has 3 rings (SSSR count). The van der Waals surface area contributed by atoms with Crippen LogP contribution in [0.1, 0.15) is 41.6 Å². The van der Waals surface area contributed by atoms with E-state index in [2.05, 4.69) is 18.0 Å². The van der Waals surface area contributed by atoms with Crippen molar-refractivity contribution < 1.29 is 9.53 Å². The number of rotatable bonds is 4. The summed E-state index contributed by atoms with van der Waals surface area (Å²) in [5.74, 6) is 0.214. The fourth-order valence-electron chi connectivity index (χ4n) is 2.77. The van der Waals surface area contributed by atoms with E-state index in [-0.39, 0.29) is 11.9 Å². The van der Waals surface area contributed by atoms with Gasteiger partial charge in [0.25, 0.3) is 0 Å². The largest absolute Gasteiger partial charge is 0.378 e. The van der Waals surface area contributed by atoms with Gasteiger partial charge in [-0.3, -0.25) is 4.79 Å². The van der Waals surface area contributed by atoms with Gasteiger partial charge in [0.2, 0.25) is 0 Å². The molecule has 0 spiro atoms. The van der Waals surface area contributed by atoms with Crippen LogP contribution in [0.25, 0.3) is 10.9 Å². The number of aryl methyl sites for hydroxylation is 1. The third-order valence-electron chi connectivity index (χ3n) is 3.86. The predicted molar refractivity (Wildman–Crippen MR) is 75.6 cm³/mol. The summed E-state index contributed by atoms with van der Waals surface area (Å²) < 4.78 is 5.56. The van der Waals surface area contributed by atoms with Gasteiger partial charge in [-0.1, -0.05) is 12.1 Å². The highest BCUT2D eigenvalue weighted by Gasteiger charge is 2.18. The molecule has 0 amide bonds. The zero-order valence-corrected chi connectivity index (χ0v) is 11.2. The molecule has 100 valence electrons. The number of benzene rings is 1. The molecule has 0 radical (unpaired) electrons. The highest BCUT2D eigenvalue weighted by molar-refractivity contribution is 6.07. The molecule has 1 unspecified atom stereocenters. The van der Waals surface area contributed by atoms with Crippen molar-refractivity contribution in [2.45, 2.75) is 38.7 Å². The zero-order valence-electron chi connectivity index (χ0n) is 11.2. The van der Waals surface area contributed by atoms with Gasteiger partial charge < -0.3 is 9.72 Å². The number of ketones is 1. The van der Waals surface area contributed by atoms with E-state index in [1.807, 2.05) is 18.3 Å². The molecule has 1 N–H and O–H groups in total. The van der Waals surface area contributed by atoms with Gasteiger partial charge in [0.05, 0.1) is 6.10 Å². The Labute approximate surface area is 113 Å². The molecular formula is C16H19NO2. The maximum Gasteiger partial charge on any atom is 0.165 e. The lowest BCUT2D eigenvalue weighted by molar-refractivity contribution is 0.0860. The van der Waals surface area contributed by atoms with Crippen LogP contribution in [0.5, 0.6) is 0 Å². The van der Waals surface area contributed by atoms with E-state index in [9.17, 15) is 4.79 Å². The molecule has 1 saturated heterocycles. The predicted octanol–water partition coefficient (Wildman–Crippen LogP) is 3.62. The topological polar surface area (TPSA) is 42.1 Å². The van der Waals surface area contributed by atoms with E-state index in [1.54, 1.807) is 0 Å². The quantitative estimate of drug-likeness (QED) is 0.850. The van der Waals surface area contributed by atoms with Gasteiger partial charge in [-0.05, 0) is 37.8 Å². The number of H-pyrrole nitrogens is 1. The molecule has 1 aromatic carbocycles. The van der Waals surface area contributed by atoms with Gasteiger partial charge in [0, 0.05) is 35.7 Å². The third kappa shape index (κ3) is 2.56. The molecule has 1 fully saturated rings. The summed E-state index contributed by atoms with van der Waals surface area (Å²) >= 11 is 0. The second kappa shape index (κ2) is 5.17. The van der Waals surface area contributed by atoms with E-state index >= 15 is 0 Å². The number of nitrogens with one attached hydrogen (secondary N) is 1. The lowest BCUT2D eigenvalue weighted by Gasteiger charge is -2.07. The maximum absolute atomic E-state index is 12.3. The van der Waals surface area contributed by atoms with Crippen LogP contribution in [0.4, 0.5) is 0 Å². The second-order valence-corrected chi connectivity index (χ2v) is 5.35. The number of carbonyl (C=O) groups is 1. The van der Waals surface area contributed by atoms with E-state index in [4.69, 9.17) is 4.74 Å². The fourth-order valence-corrected chi connectivity index (χ4v) is 2.77. The maximum atomic E-state index is 12.3. The van der Waals surface area contributed by atoms with E-state index in [0.29, 0.717) is 6.42 Å². The van der Waals surface area contributed by atoms with E-state index in [1.165, 1.54) is 5.56 Å². The Balaban J connectivity index is 1.74. The number of aromatic amines is 1. The van der Waals surface area contributed by atoms with Crippen molar-refractivity contribution in [1.29, 1.82) is 0 Å². The average Bonchev–Trinajstić information content (AvgIpc) is 3.04. The summed E-state index contributed by atoms with van der Waals surface area (Å²) in [6.07, 6.45) is 5.77. The Hall–Kier alpha value is -1.61. The van der Waals surface area contributed by atoms with Gasteiger partial charge in [0.15, 0.2) is 5.78 Å². The average molecular weight is 257 g/mol. The Kier molecular flexibility index (Phi) is 3.38. The Morgan fingerprint density at radius 3 is 3.16 bits per heavy atom. The van der Waals surface area contributed by atoms with Crippen LogP contribution < -0.4 is 0 Å². The molecule has 1 aromatic heterocycles. The summed E-state index contributed by atoms with van der Waals surface area (Å²) in [4.78, 5) is 15.5. The molecule has 1 aliphatic heterocycles. The van der Waals surface area contributed by atoms with Crippen LogP contribution >= 0.6 is 0 Å². The first-order chi connectivity index (χ1) is 9.24. The SMILES string of the molecule is Cc1ccc2c(C(=O)CCC3CCCO3)c[nH]c2c1. The minimum absolute atomic E-state index is 0.214. The summed E-state index contributed by atoms with van der Waals surface area (Å²) in [6.45, 7) is 2.91. The van der Waals surface area contributed by atoms with Crippen LogP contribution in [-0.2, 0) is 4.74 Å². The van der Waals surface area contributed by atoms with Crippen molar-refractivity contribution in [3.63, 3.8) is 0 Å². The van der Waals surface area contributed by atoms with Crippen molar-refractivity contribution in [3.8, 4) is 0 Å².